The predicted octanol–water partition coefficient (Wildman–Crippen LogP) is 17.7. The minimum Gasteiger partial charge on any atom is -0.462 e. The summed E-state index contributed by atoms with van der Waals surface area (Å²) in [6.45, 7) is 11.4. The van der Waals surface area contributed by atoms with Gasteiger partial charge in [0.1, 0.15) is 13.2 Å². The van der Waals surface area contributed by atoms with Crippen molar-refractivity contribution >= 4 is 17.9 Å². The van der Waals surface area contributed by atoms with E-state index < -0.39 is 6.10 Å². The SMILES string of the molecule is CCCCCCCCCCCCCCCC(=O)O[C@@H](COC(=O)CCCCCCCCCCCCCCCCC(C)CC)COC(=O)CCCCCCCCCCC(C)CC. The molecule has 0 N–H and O–H groups in total. The van der Waals surface area contributed by atoms with Crippen LogP contribution in [0.3, 0.4) is 0 Å². The molecule has 0 aliphatic carbocycles. The molecule has 61 heavy (non-hydrogen) atoms. The van der Waals surface area contributed by atoms with Crippen molar-refractivity contribution in [1.82, 2.24) is 0 Å². The topological polar surface area (TPSA) is 78.9 Å². The van der Waals surface area contributed by atoms with Gasteiger partial charge in [-0.3, -0.25) is 14.4 Å². The lowest BCUT2D eigenvalue weighted by atomic mass is 9.99. The standard InChI is InChI=1S/C55H106O6/c1-6-9-10-11-12-13-14-17-22-25-32-37-42-47-55(58)61-52(49-60-54(57)46-41-36-31-27-26-29-34-39-44-51(5)8-3)48-59-53(56)45-40-35-30-24-21-19-16-15-18-20-23-28-33-38-43-50(4)7-2/h50-52H,6-49H2,1-5H3/t50?,51?,52-/m0/s1. The van der Waals surface area contributed by atoms with Crippen LogP contribution in [-0.2, 0) is 28.6 Å². The molecule has 0 bridgehead atoms. The maximum atomic E-state index is 12.8. The molecule has 0 amide bonds. The Morgan fingerprint density at radius 1 is 0.328 bits per heavy atom. The molecule has 0 saturated carbocycles. The second kappa shape index (κ2) is 47.9. The minimum absolute atomic E-state index is 0.0634. The molecule has 0 aliphatic heterocycles. The Labute approximate surface area is 380 Å². The molecular weight excluding hydrogens is 757 g/mol. The Morgan fingerprint density at radius 3 is 0.852 bits per heavy atom. The number of hydrogen-bond donors (Lipinski definition) is 0. The van der Waals surface area contributed by atoms with Crippen LogP contribution in [0.1, 0.15) is 304 Å². The zero-order chi connectivity index (χ0) is 44.7. The van der Waals surface area contributed by atoms with Gasteiger partial charge in [0, 0.05) is 19.3 Å². The normalized spacial score (nSPS) is 12.9. The number of hydrogen-bond acceptors (Lipinski definition) is 6. The van der Waals surface area contributed by atoms with E-state index in [1.807, 2.05) is 0 Å². The Hall–Kier alpha value is -1.59. The van der Waals surface area contributed by atoms with E-state index in [-0.39, 0.29) is 31.1 Å². The molecule has 0 aliphatic rings. The number of carbonyl (C=O) groups is 3. The molecular formula is C55H106O6. The number of rotatable bonds is 49. The van der Waals surface area contributed by atoms with E-state index in [1.54, 1.807) is 0 Å². The van der Waals surface area contributed by atoms with Crippen molar-refractivity contribution in [2.24, 2.45) is 11.8 Å². The average Bonchev–Trinajstić information content (AvgIpc) is 3.26. The summed E-state index contributed by atoms with van der Waals surface area (Å²) < 4.78 is 16.8. The van der Waals surface area contributed by atoms with E-state index in [9.17, 15) is 14.4 Å². The summed E-state index contributed by atoms with van der Waals surface area (Å²) in [5.41, 5.74) is 0. The first-order chi connectivity index (χ1) is 29.8. The zero-order valence-corrected chi connectivity index (χ0v) is 41.8. The Morgan fingerprint density at radius 2 is 0.574 bits per heavy atom. The van der Waals surface area contributed by atoms with Crippen LogP contribution in [0.2, 0.25) is 0 Å². The van der Waals surface area contributed by atoms with Crippen molar-refractivity contribution in [3.05, 3.63) is 0 Å². The van der Waals surface area contributed by atoms with Gasteiger partial charge < -0.3 is 14.2 Å². The lowest BCUT2D eigenvalue weighted by molar-refractivity contribution is -0.167. The van der Waals surface area contributed by atoms with Gasteiger partial charge in [-0.1, -0.05) is 266 Å². The van der Waals surface area contributed by atoms with Crippen molar-refractivity contribution in [2.75, 3.05) is 13.2 Å². The molecule has 0 aromatic carbocycles. The third kappa shape index (κ3) is 46.2. The van der Waals surface area contributed by atoms with Gasteiger partial charge >= 0.3 is 17.9 Å². The fourth-order valence-electron chi connectivity index (χ4n) is 8.28. The van der Waals surface area contributed by atoms with Crippen molar-refractivity contribution in [2.45, 2.75) is 310 Å². The monoisotopic (exact) mass is 863 g/mol. The molecule has 0 rings (SSSR count). The number of carbonyl (C=O) groups excluding carboxylic acids is 3. The van der Waals surface area contributed by atoms with Gasteiger partial charge in [-0.15, -0.1) is 0 Å². The lowest BCUT2D eigenvalue weighted by Gasteiger charge is -2.18. The highest BCUT2D eigenvalue weighted by molar-refractivity contribution is 5.71. The van der Waals surface area contributed by atoms with Gasteiger partial charge in [-0.25, -0.2) is 0 Å². The third-order valence-electron chi connectivity index (χ3n) is 13.2. The van der Waals surface area contributed by atoms with Gasteiger partial charge in [-0.2, -0.15) is 0 Å². The molecule has 0 aromatic heterocycles. The number of unbranched alkanes of at least 4 members (excludes halogenated alkanes) is 32. The summed E-state index contributed by atoms with van der Waals surface area (Å²) in [7, 11) is 0. The van der Waals surface area contributed by atoms with Gasteiger partial charge in [0.15, 0.2) is 6.10 Å². The Balaban J connectivity index is 4.29. The third-order valence-corrected chi connectivity index (χ3v) is 13.2. The molecule has 2 unspecified atom stereocenters. The van der Waals surface area contributed by atoms with E-state index >= 15 is 0 Å². The van der Waals surface area contributed by atoms with Gasteiger partial charge in [0.25, 0.3) is 0 Å². The van der Waals surface area contributed by atoms with Crippen LogP contribution in [0, 0.1) is 11.8 Å². The van der Waals surface area contributed by atoms with Crippen LogP contribution in [0.15, 0.2) is 0 Å². The van der Waals surface area contributed by atoms with E-state index in [0.29, 0.717) is 19.3 Å². The fourth-order valence-corrected chi connectivity index (χ4v) is 8.28. The van der Waals surface area contributed by atoms with Gasteiger partial charge in [-0.05, 0) is 31.1 Å². The maximum absolute atomic E-state index is 12.8. The quantitative estimate of drug-likeness (QED) is 0.0344. The van der Waals surface area contributed by atoms with Crippen LogP contribution in [0.5, 0.6) is 0 Å². The van der Waals surface area contributed by atoms with E-state index in [1.165, 1.54) is 193 Å². The van der Waals surface area contributed by atoms with E-state index in [2.05, 4.69) is 34.6 Å². The summed E-state index contributed by atoms with van der Waals surface area (Å²) in [4.78, 5) is 38.0. The average molecular weight is 863 g/mol. The highest BCUT2D eigenvalue weighted by atomic mass is 16.6. The molecule has 0 heterocycles. The fraction of sp³-hybridized carbons (Fsp3) is 0.945. The van der Waals surface area contributed by atoms with E-state index in [0.717, 1.165) is 69.6 Å². The minimum atomic E-state index is -0.762. The summed E-state index contributed by atoms with van der Waals surface area (Å²) in [5.74, 6) is 0.898. The highest BCUT2D eigenvalue weighted by Gasteiger charge is 2.19. The lowest BCUT2D eigenvalue weighted by Crippen LogP contribution is -2.30. The summed E-state index contributed by atoms with van der Waals surface area (Å²) in [5, 5.41) is 0. The first kappa shape index (κ1) is 59.4. The molecule has 0 spiro atoms. The molecule has 6 heteroatoms. The van der Waals surface area contributed by atoms with Crippen LogP contribution in [-0.4, -0.2) is 37.2 Å². The van der Waals surface area contributed by atoms with E-state index in [4.69, 9.17) is 14.2 Å². The van der Waals surface area contributed by atoms with Crippen LogP contribution < -0.4 is 0 Å². The molecule has 0 saturated heterocycles. The van der Waals surface area contributed by atoms with Crippen molar-refractivity contribution in [3.8, 4) is 0 Å². The summed E-state index contributed by atoms with van der Waals surface area (Å²) >= 11 is 0. The smallest absolute Gasteiger partial charge is 0.306 e. The first-order valence-electron chi connectivity index (χ1n) is 27.3. The molecule has 3 atom stereocenters. The number of esters is 3. The second-order valence-electron chi connectivity index (χ2n) is 19.4. The summed E-state index contributed by atoms with van der Waals surface area (Å²) in [6, 6.07) is 0. The van der Waals surface area contributed by atoms with Crippen molar-refractivity contribution < 1.29 is 28.6 Å². The van der Waals surface area contributed by atoms with Gasteiger partial charge in [0.2, 0.25) is 0 Å². The van der Waals surface area contributed by atoms with Crippen LogP contribution >= 0.6 is 0 Å². The van der Waals surface area contributed by atoms with Crippen molar-refractivity contribution in [3.63, 3.8) is 0 Å². The van der Waals surface area contributed by atoms with Crippen LogP contribution in [0.4, 0.5) is 0 Å². The highest BCUT2D eigenvalue weighted by Crippen LogP contribution is 2.18. The first-order valence-corrected chi connectivity index (χ1v) is 27.3. The second-order valence-corrected chi connectivity index (χ2v) is 19.4. The van der Waals surface area contributed by atoms with Crippen molar-refractivity contribution in [1.29, 1.82) is 0 Å². The molecule has 6 nitrogen and oxygen atoms in total. The molecule has 362 valence electrons. The zero-order valence-electron chi connectivity index (χ0n) is 41.8. The van der Waals surface area contributed by atoms with Crippen LogP contribution in [0.25, 0.3) is 0 Å². The Bertz CT molecular complexity index is 935. The van der Waals surface area contributed by atoms with Gasteiger partial charge in [0.05, 0.1) is 0 Å². The number of ether oxygens (including phenoxy) is 3. The molecule has 0 radical (unpaired) electrons. The Kier molecular flexibility index (Phi) is 46.6. The molecule has 0 aromatic rings. The largest absolute Gasteiger partial charge is 0.462 e. The predicted molar refractivity (Wildman–Crippen MR) is 261 cm³/mol. The molecule has 0 fully saturated rings. The summed E-state index contributed by atoms with van der Waals surface area (Å²) in [6.07, 6.45) is 49.3. The maximum Gasteiger partial charge on any atom is 0.306 e.